The fraction of sp³-hybridized carbons (Fsp3) is 0.421. The number of anilines is 2. The summed E-state index contributed by atoms with van der Waals surface area (Å²) in [4.78, 5) is 13.5. The number of aliphatic hydroxyl groups excluding tert-OH is 1. The number of aromatic nitrogens is 3. The van der Waals surface area contributed by atoms with Crippen LogP contribution in [0.5, 0.6) is 5.75 Å². The van der Waals surface area contributed by atoms with Crippen LogP contribution < -0.4 is 14.8 Å². The second-order valence-corrected chi connectivity index (χ2v) is 8.82. The van der Waals surface area contributed by atoms with Gasteiger partial charge < -0.3 is 15.2 Å². The van der Waals surface area contributed by atoms with Gasteiger partial charge in [0.1, 0.15) is 16.3 Å². The molecule has 4 rings (SSSR count). The van der Waals surface area contributed by atoms with Crippen LogP contribution in [0.25, 0.3) is 10.9 Å². The van der Waals surface area contributed by atoms with Crippen molar-refractivity contribution in [1.29, 1.82) is 0 Å². The predicted molar refractivity (Wildman–Crippen MR) is 113 cm³/mol. The standard InChI is InChI=1S/C19H23N5O2S2/c1-2-22-28-19-21-11-16(27-19)23-18-20-10-12-4-3-5-15(17(12)24-18)26-14-8-6-13(25)7-9-14/h3-5,10-11,13-14,22,25H,2,6-9H2,1H3,(H,20,23,24). The van der Waals surface area contributed by atoms with E-state index in [4.69, 9.17) is 4.74 Å². The molecule has 7 nitrogen and oxygen atoms in total. The Morgan fingerprint density at radius 2 is 2.07 bits per heavy atom. The van der Waals surface area contributed by atoms with Crippen molar-refractivity contribution in [1.82, 2.24) is 19.7 Å². The molecule has 3 aromatic rings. The molecule has 0 aliphatic heterocycles. The molecule has 28 heavy (non-hydrogen) atoms. The first-order chi connectivity index (χ1) is 13.7. The molecule has 1 aliphatic carbocycles. The first-order valence-corrected chi connectivity index (χ1v) is 11.1. The van der Waals surface area contributed by atoms with Crippen LogP contribution in [-0.2, 0) is 0 Å². The van der Waals surface area contributed by atoms with E-state index in [1.165, 1.54) is 11.9 Å². The minimum atomic E-state index is -0.194. The van der Waals surface area contributed by atoms with E-state index >= 15 is 0 Å². The van der Waals surface area contributed by atoms with Crippen LogP contribution in [0, 0.1) is 0 Å². The number of ether oxygens (including phenoxy) is 1. The quantitative estimate of drug-likeness (QED) is 0.494. The maximum atomic E-state index is 9.70. The van der Waals surface area contributed by atoms with Crippen LogP contribution in [0.1, 0.15) is 32.6 Å². The summed E-state index contributed by atoms with van der Waals surface area (Å²) in [5.74, 6) is 1.28. The highest BCUT2D eigenvalue weighted by molar-refractivity contribution is 7.99. The Bertz CT molecular complexity index is 928. The lowest BCUT2D eigenvalue weighted by molar-refractivity contribution is 0.0672. The molecule has 0 atom stereocenters. The van der Waals surface area contributed by atoms with Gasteiger partial charge in [0, 0.05) is 18.1 Å². The number of para-hydroxylation sites is 1. The second-order valence-electron chi connectivity index (χ2n) is 6.65. The Morgan fingerprint density at radius 1 is 1.21 bits per heavy atom. The molecule has 0 bridgehead atoms. The Balaban J connectivity index is 1.51. The molecule has 148 valence electrons. The second kappa shape index (κ2) is 9.04. The number of benzene rings is 1. The number of rotatable bonds is 7. The fourth-order valence-corrected chi connectivity index (χ4v) is 4.66. The fourth-order valence-electron chi connectivity index (χ4n) is 3.13. The Hall–Kier alpha value is -1.94. The molecule has 9 heteroatoms. The van der Waals surface area contributed by atoms with E-state index in [0.717, 1.165) is 58.2 Å². The van der Waals surface area contributed by atoms with Crippen LogP contribution >= 0.6 is 23.3 Å². The van der Waals surface area contributed by atoms with Gasteiger partial charge >= 0.3 is 0 Å². The van der Waals surface area contributed by atoms with Crippen molar-refractivity contribution < 1.29 is 9.84 Å². The molecular weight excluding hydrogens is 394 g/mol. The van der Waals surface area contributed by atoms with Gasteiger partial charge in [0.05, 0.1) is 18.4 Å². The molecular formula is C19H23N5O2S2. The van der Waals surface area contributed by atoms with Gasteiger partial charge in [-0.15, -0.1) is 0 Å². The molecule has 0 saturated heterocycles. The maximum Gasteiger partial charge on any atom is 0.228 e. The molecule has 1 aliphatic rings. The Morgan fingerprint density at radius 3 is 2.89 bits per heavy atom. The van der Waals surface area contributed by atoms with Crippen molar-refractivity contribution in [2.75, 3.05) is 11.9 Å². The zero-order valence-electron chi connectivity index (χ0n) is 15.6. The number of nitrogens with zero attached hydrogens (tertiary/aromatic N) is 3. The number of hydrogen-bond acceptors (Lipinski definition) is 9. The summed E-state index contributed by atoms with van der Waals surface area (Å²) in [5, 5.41) is 14.8. The highest BCUT2D eigenvalue weighted by Crippen LogP contribution is 2.31. The minimum Gasteiger partial charge on any atom is -0.488 e. The van der Waals surface area contributed by atoms with Crippen molar-refractivity contribution >= 4 is 45.1 Å². The summed E-state index contributed by atoms with van der Waals surface area (Å²) >= 11 is 3.06. The van der Waals surface area contributed by atoms with Crippen molar-refractivity contribution in [2.24, 2.45) is 0 Å². The zero-order valence-corrected chi connectivity index (χ0v) is 17.2. The predicted octanol–water partition coefficient (Wildman–Crippen LogP) is 4.13. The van der Waals surface area contributed by atoms with E-state index in [9.17, 15) is 5.11 Å². The SMILES string of the molecule is CCNSc1ncc(Nc2ncc3cccc(OC4CCC(O)CC4)c3n2)s1. The van der Waals surface area contributed by atoms with E-state index < -0.39 is 0 Å². The first kappa shape index (κ1) is 19.4. The smallest absolute Gasteiger partial charge is 0.228 e. The Labute approximate surface area is 172 Å². The van der Waals surface area contributed by atoms with Crippen molar-refractivity contribution in [3.05, 3.63) is 30.6 Å². The molecule has 1 fully saturated rings. The number of hydrogen-bond donors (Lipinski definition) is 3. The summed E-state index contributed by atoms with van der Waals surface area (Å²) in [6, 6.07) is 5.88. The lowest BCUT2D eigenvalue weighted by atomic mass is 9.95. The third-order valence-electron chi connectivity index (χ3n) is 4.53. The summed E-state index contributed by atoms with van der Waals surface area (Å²) in [7, 11) is 0. The molecule has 0 unspecified atom stereocenters. The third-order valence-corrected chi connectivity index (χ3v) is 6.45. The number of aliphatic hydroxyl groups is 1. The van der Waals surface area contributed by atoms with Gasteiger partial charge in [-0.3, -0.25) is 4.72 Å². The Kier molecular flexibility index (Phi) is 6.26. The van der Waals surface area contributed by atoms with E-state index in [1.807, 2.05) is 18.2 Å². The topological polar surface area (TPSA) is 92.2 Å². The van der Waals surface area contributed by atoms with Crippen LogP contribution in [0.4, 0.5) is 10.9 Å². The van der Waals surface area contributed by atoms with E-state index in [-0.39, 0.29) is 12.2 Å². The average molecular weight is 418 g/mol. The zero-order chi connectivity index (χ0) is 19.3. The van der Waals surface area contributed by atoms with Gasteiger partial charge in [-0.25, -0.2) is 15.0 Å². The lowest BCUT2D eigenvalue weighted by Gasteiger charge is -2.26. The van der Waals surface area contributed by atoms with Crippen LogP contribution in [0.2, 0.25) is 0 Å². The van der Waals surface area contributed by atoms with Gasteiger partial charge in [-0.1, -0.05) is 30.4 Å². The number of thiazole rings is 1. The molecule has 0 amide bonds. The summed E-state index contributed by atoms with van der Waals surface area (Å²) in [6.07, 6.45) is 6.81. The average Bonchev–Trinajstić information content (AvgIpc) is 3.16. The molecule has 3 N–H and O–H groups in total. The third kappa shape index (κ3) is 4.72. The van der Waals surface area contributed by atoms with E-state index in [0.29, 0.717) is 5.95 Å². The molecule has 0 spiro atoms. The lowest BCUT2D eigenvalue weighted by Crippen LogP contribution is -2.26. The largest absolute Gasteiger partial charge is 0.488 e. The van der Waals surface area contributed by atoms with E-state index in [1.54, 1.807) is 23.7 Å². The maximum absolute atomic E-state index is 9.70. The summed E-state index contributed by atoms with van der Waals surface area (Å²) in [6.45, 7) is 2.93. The minimum absolute atomic E-state index is 0.118. The van der Waals surface area contributed by atoms with Gasteiger partial charge in [0.2, 0.25) is 5.95 Å². The van der Waals surface area contributed by atoms with Crippen molar-refractivity contribution in [2.45, 2.75) is 49.2 Å². The highest BCUT2D eigenvalue weighted by Gasteiger charge is 2.21. The summed E-state index contributed by atoms with van der Waals surface area (Å²) < 4.78 is 10.3. The number of fused-ring (bicyclic) bond motifs is 1. The molecule has 2 heterocycles. The van der Waals surface area contributed by atoms with Crippen molar-refractivity contribution in [3.63, 3.8) is 0 Å². The molecule has 2 aromatic heterocycles. The molecule has 1 aromatic carbocycles. The van der Waals surface area contributed by atoms with Crippen molar-refractivity contribution in [3.8, 4) is 5.75 Å². The normalized spacial score (nSPS) is 19.6. The molecule has 0 radical (unpaired) electrons. The van der Waals surface area contributed by atoms with Crippen LogP contribution in [-0.4, -0.2) is 38.8 Å². The highest BCUT2D eigenvalue weighted by atomic mass is 32.2. The van der Waals surface area contributed by atoms with Gasteiger partial charge in [-0.2, -0.15) is 0 Å². The first-order valence-electron chi connectivity index (χ1n) is 9.44. The van der Waals surface area contributed by atoms with Gasteiger partial charge in [0.25, 0.3) is 0 Å². The van der Waals surface area contributed by atoms with Gasteiger partial charge in [-0.05, 0) is 43.7 Å². The summed E-state index contributed by atoms with van der Waals surface area (Å²) in [5.41, 5.74) is 0.790. The van der Waals surface area contributed by atoms with E-state index in [2.05, 4.69) is 31.9 Å². The monoisotopic (exact) mass is 417 g/mol. The van der Waals surface area contributed by atoms with Crippen LogP contribution in [0.3, 0.4) is 0 Å². The number of nitrogens with one attached hydrogen (secondary N) is 2. The van der Waals surface area contributed by atoms with Gasteiger partial charge in [0.15, 0.2) is 4.34 Å². The van der Waals surface area contributed by atoms with Crippen LogP contribution in [0.15, 0.2) is 34.9 Å². The molecule has 1 saturated carbocycles.